The monoisotopic (exact) mass is 569 g/mol. The Morgan fingerprint density at radius 3 is 1.08 bits per heavy atom. The first-order valence-corrected chi connectivity index (χ1v) is 14.9. The van der Waals surface area contributed by atoms with Crippen molar-refractivity contribution in [3.8, 4) is 0 Å². The molecule has 0 atom stereocenters. The molecule has 0 aliphatic rings. The molecule has 0 aliphatic heterocycles. The van der Waals surface area contributed by atoms with Crippen LogP contribution in [0, 0.1) is 13.8 Å². The van der Waals surface area contributed by atoms with Crippen molar-refractivity contribution in [1.29, 1.82) is 0 Å². The van der Waals surface area contributed by atoms with E-state index in [-0.39, 0.29) is 50.7 Å². The van der Waals surface area contributed by atoms with Gasteiger partial charge in [-0.05, 0) is 0 Å². The number of rotatable bonds is 4. The van der Waals surface area contributed by atoms with Crippen molar-refractivity contribution >= 4 is 16.1 Å². The Kier molecular flexibility index (Phi) is 27.0. The van der Waals surface area contributed by atoms with Crippen molar-refractivity contribution in [2.45, 2.75) is 51.4 Å². The second-order valence-electron chi connectivity index (χ2n) is 7.94. The molecule has 0 aromatic heterocycles. The summed E-state index contributed by atoms with van der Waals surface area (Å²) in [6.07, 6.45) is 0. The van der Waals surface area contributed by atoms with Gasteiger partial charge in [0, 0.05) is 42.0 Å². The molecule has 5 heteroatoms. The van der Waals surface area contributed by atoms with Crippen LogP contribution in [-0.4, -0.2) is 16.1 Å². The average Bonchev–Trinajstić information content (AvgIpc) is 2.65. The van der Waals surface area contributed by atoms with Crippen molar-refractivity contribution in [3.63, 3.8) is 0 Å². The van der Waals surface area contributed by atoms with E-state index in [4.69, 9.17) is 0 Å². The van der Waals surface area contributed by atoms with Crippen LogP contribution >= 0.6 is 0 Å². The predicted molar refractivity (Wildman–Crippen MR) is 107 cm³/mol. The summed E-state index contributed by atoms with van der Waals surface area (Å²) >= 11 is 0. The molecule has 1 rings (SSSR count). The van der Waals surface area contributed by atoms with Crippen LogP contribution in [0.4, 0.5) is 0 Å². The van der Waals surface area contributed by atoms with Gasteiger partial charge in [-0.3, -0.25) is 0 Å². The summed E-state index contributed by atoms with van der Waals surface area (Å²) in [6.45, 7) is 29.0. The largest absolute Gasteiger partial charge is 1.00 e. The summed E-state index contributed by atoms with van der Waals surface area (Å²) in [7, 11) is -1.76. The zero-order valence-electron chi connectivity index (χ0n) is 16.4. The molecule has 0 amide bonds. The third kappa shape index (κ3) is 43.3. The molecule has 0 radical (unpaired) electrons. The smallest absolute Gasteiger partial charge is 0.0456 e. The third-order valence-corrected chi connectivity index (χ3v) is 5.24. The molecule has 142 valence electrons. The van der Waals surface area contributed by atoms with Crippen LogP contribution in [0.2, 0.25) is 51.4 Å². The number of hydrogen-bond donors (Lipinski definition) is 0. The molecule has 0 heterocycles. The molecule has 0 spiro atoms. The summed E-state index contributed by atoms with van der Waals surface area (Å²) in [5.74, 6) is 0. The number of hydrogen-bond acceptors (Lipinski definition) is 0. The van der Waals surface area contributed by atoms with Crippen LogP contribution in [0.5, 0.6) is 0 Å². The van der Waals surface area contributed by atoms with Crippen LogP contribution < -0.4 is 24.8 Å². The van der Waals surface area contributed by atoms with Gasteiger partial charge in [-0.15, -0.1) is 0 Å². The van der Waals surface area contributed by atoms with Crippen LogP contribution in [0.1, 0.15) is 0 Å². The summed E-state index contributed by atoms with van der Waals surface area (Å²) in [4.78, 5) is 0. The first-order valence-electron chi connectivity index (χ1n) is 7.50. The molecule has 0 unspecified atom stereocenters. The topological polar surface area (TPSA) is 0 Å². The van der Waals surface area contributed by atoms with Crippen molar-refractivity contribution in [2.75, 3.05) is 0 Å². The average molecular weight is 569 g/mol. The van der Waals surface area contributed by atoms with Crippen LogP contribution in [0.15, 0.2) is 54.6 Å². The van der Waals surface area contributed by atoms with Crippen molar-refractivity contribution in [1.82, 2.24) is 0 Å². The molecular formula is C19H35Cl2HfSi2-5. The molecule has 0 bridgehead atoms. The Bertz CT molecular complexity index is 345. The van der Waals surface area contributed by atoms with E-state index >= 15 is 0 Å². The van der Waals surface area contributed by atoms with E-state index in [0.29, 0.717) is 0 Å². The van der Waals surface area contributed by atoms with E-state index in [9.17, 15) is 0 Å². The summed E-state index contributed by atoms with van der Waals surface area (Å²) < 4.78 is 0. The van der Waals surface area contributed by atoms with Crippen LogP contribution in [0.25, 0.3) is 0 Å². The van der Waals surface area contributed by atoms with Gasteiger partial charge in [-0.1, -0.05) is 51.4 Å². The molecule has 0 saturated carbocycles. The molecule has 1 aromatic rings. The fourth-order valence-electron chi connectivity index (χ4n) is 1.82. The predicted octanol–water partition coefficient (Wildman–Crippen LogP) is 0.841. The minimum absolute atomic E-state index is 0. The molecule has 0 N–H and O–H groups in total. The fourth-order valence-corrected chi connectivity index (χ4v) is 4.82. The minimum atomic E-state index is -0.882. The summed E-state index contributed by atoms with van der Waals surface area (Å²) in [5.41, 5.74) is 2.17. The normalized spacial score (nSPS) is 9.25. The molecule has 0 fully saturated rings. The SMILES string of the molecule is C=C([CH2-])C[Si](C)(C)C.C=C([CH2-])C[Si](C)(C)C.[Cl-].[Cl-].[Hf].c1cc[cH-]c1. The first-order chi connectivity index (χ1) is 9.33. The Labute approximate surface area is 185 Å². The molecular weight excluding hydrogens is 534 g/mol. The van der Waals surface area contributed by atoms with Gasteiger partial charge >= 0.3 is 0 Å². The Balaban J connectivity index is -0.0000000721. The van der Waals surface area contributed by atoms with Crippen molar-refractivity contribution < 1.29 is 50.7 Å². The van der Waals surface area contributed by atoms with Gasteiger partial charge in [0.1, 0.15) is 0 Å². The molecule has 0 nitrogen and oxygen atoms in total. The quantitative estimate of drug-likeness (QED) is 0.373. The van der Waals surface area contributed by atoms with Gasteiger partial charge in [-0.2, -0.15) is 18.2 Å². The molecule has 24 heavy (non-hydrogen) atoms. The van der Waals surface area contributed by atoms with Gasteiger partial charge in [0.15, 0.2) is 0 Å². The van der Waals surface area contributed by atoms with E-state index < -0.39 is 16.1 Å². The Morgan fingerprint density at radius 1 is 0.792 bits per heavy atom. The summed E-state index contributed by atoms with van der Waals surface area (Å²) in [6, 6.07) is 12.3. The zero-order valence-corrected chi connectivity index (χ0v) is 23.5. The van der Waals surface area contributed by atoms with Crippen molar-refractivity contribution in [2.24, 2.45) is 0 Å². The van der Waals surface area contributed by atoms with E-state index in [1.54, 1.807) is 0 Å². The maximum absolute atomic E-state index is 3.76. The van der Waals surface area contributed by atoms with Crippen molar-refractivity contribution in [3.05, 3.63) is 68.5 Å². The first kappa shape index (κ1) is 35.5. The molecule has 0 aliphatic carbocycles. The van der Waals surface area contributed by atoms with E-state index in [1.807, 2.05) is 30.3 Å². The van der Waals surface area contributed by atoms with E-state index in [1.165, 1.54) is 0 Å². The maximum Gasteiger partial charge on any atom is 0.0456 e. The van der Waals surface area contributed by atoms with E-state index in [0.717, 1.165) is 23.2 Å². The van der Waals surface area contributed by atoms with Crippen LogP contribution in [0.3, 0.4) is 0 Å². The second kappa shape index (κ2) is 18.3. The standard InChI is InChI=1S/2C7H15Si.C5H5.2ClH.Hf/c2*1-7(2)6-8(3,4)5;1-2-4-5-3-1;;;/h2*1-2,6H2,3-5H3;1-5H;2*1H;/q3*-1;;;/p-2. The van der Waals surface area contributed by atoms with Gasteiger partial charge < -0.3 is 24.8 Å². The Hall–Kier alpha value is 0.454. The van der Waals surface area contributed by atoms with Gasteiger partial charge in [-0.25, -0.2) is 50.3 Å². The second-order valence-corrected chi connectivity index (χ2v) is 18.9. The van der Waals surface area contributed by atoms with Crippen LogP contribution in [-0.2, 0) is 25.8 Å². The van der Waals surface area contributed by atoms with Gasteiger partial charge in [0.25, 0.3) is 0 Å². The van der Waals surface area contributed by atoms with E-state index in [2.05, 4.69) is 66.3 Å². The van der Waals surface area contributed by atoms with Gasteiger partial charge in [0.05, 0.1) is 0 Å². The molecule has 0 saturated heterocycles. The molecule has 1 aromatic carbocycles. The Morgan fingerprint density at radius 2 is 1.04 bits per heavy atom. The number of allylic oxidation sites excluding steroid dienone is 2. The fraction of sp³-hybridized carbons (Fsp3) is 0.421. The maximum atomic E-state index is 3.76. The minimum Gasteiger partial charge on any atom is -1.00 e. The van der Waals surface area contributed by atoms with Gasteiger partial charge in [0.2, 0.25) is 0 Å². The summed E-state index contributed by atoms with van der Waals surface area (Å²) in [5, 5.41) is 0. The number of halogens is 2. The third-order valence-electron chi connectivity index (χ3n) is 2.12. The zero-order chi connectivity index (χ0) is 17.1.